The summed E-state index contributed by atoms with van der Waals surface area (Å²) in [4.78, 5) is 20.9. The Labute approximate surface area is 188 Å². The summed E-state index contributed by atoms with van der Waals surface area (Å²) in [6.45, 7) is 13.0. The Morgan fingerprint density at radius 2 is 1.77 bits per heavy atom. The molecule has 31 heavy (non-hydrogen) atoms. The van der Waals surface area contributed by atoms with Crippen LogP contribution in [0.15, 0.2) is 29.3 Å². The zero-order chi connectivity index (χ0) is 22.9. The second-order valence-corrected chi connectivity index (χ2v) is 9.48. The Balaban J connectivity index is 1.85. The molecule has 1 aliphatic rings. The molecule has 0 bridgehead atoms. The molecular formula is C24H41N5O2. The molecule has 1 saturated heterocycles. The van der Waals surface area contributed by atoms with Crippen LogP contribution < -0.4 is 10.6 Å². The zero-order valence-corrected chi connectivity index (χ0v) is 20.2. The van der Waals surface area contributed by atoms with Gasteiger partial charge in [-0.2, -0.15) is 0 Å². The van der Waals surface area contributed by atoms with Crippen molar-refractivity contribution in [2.75, 3.05) is 40.3 Å². The summed E-state index contributed by atoms with van der Waals surface area (Å²) in [5.74, 6) is 1.58. The number of carbonyl (C=O) groups is 1. The van der Waals surface area contributed by atoms with Crippen LogP contribution in [-0.2, 0) is 17.8 Å². The summed E-state index contributed by atoms with van der Waals surface area (Å²) in [6.07, 6.45) is 2.16. The van der Waals surface area contributed by atoms with Crippen LogP contribution in [0.4, 0.5) is 4.79 Å². The lowest BCUT2D eigenvalue weighted by molar-refractivity contribution is 0.0285. The molecule has 0 aliphatic carbocycles. The van der Waals surface area contributed by atoms with E-state index >= 15 is 0 Å². The smallest absolute Gasteiger partial charge is 0.410 e. The van der Waals surface area contributed by atoms with Gasteiger partial charge in [0.1, 0.15) is 5.60 Å². The van der Waals surface area contributed by atoms with Gasteiger partial charge in [0.05, 0.1) is 6.54 Å². The van der Waals surface area contributed by atoms with Crippen molar-refractivity contribution in [3.05, 3.63) is 35.4 Å². The zero-order valence-electron chi connectivity index (χ0n) is 20.2. The van der Waals surface area contributed by atoms with Crippen molar-refractivity contribution in [2.45, 2.75) is 59.2 Å². The molecule has 0 radical (unpaired) electrons. The van der Waals surface area contributed by atoms with Crippen LogP contribution in [0.5, 0.6) is 0 Å². The quantitative estimate of drug-likeness (QED) is 0.511. The van der Waals surface area contributed by atoms with Crippen LogP contribution in [-0.4, -0.2) is 67.7 Å². The average molecular weight is 432 g/mol. The fourth-order valence-corrected chi connectivity index (χ4v) is 3.45. The van der Waals surface area contributed by atoms with E-state index in [4.69, 9.17) is 9.73 Å². The monoisotopic (exact) mass is 431 g/mol. The van der Waals surface area contributed by atoms with Gasteiger partial charge < -0.3 is 25.2 Å². The molecule has 1 heterocycles. The minimum Gasteiger partial charge on any atom is -0.444 e. The summed E-state index contributed by atoms with van der Waals surface area (Å²) in [7, 11) is 3.95. The normalized spacial score (nSPS) is 16.1. The van der Waals surface area contributed by atoms with Gasteiger partial charge in [-0.15, -0.1) is 0 Å². The standard InChI is InChI=1S/C24H41N5O2/c1-7-25-22(27-17-20-12-14-28(5)15-13-20)26-16-19-8-10-21(11-9-19)18-29(6)23(30)31-24(2,3)4/h8-11,20H,7,12-18H2,1-6H3,(H2,25,26,27). The van der Waals surface area contributed by atoms with Crippen LogP contribution in [0, 0.1) is 5.92 Å². The number of ether oxygens (including phenoxy) is 1. The van der Waals surface area contributed by atoms with E-state index in [9.17, 15) is 4.79 Å². The minimum atomic E-state index is -0.487. The molecule has 2 rings (SSSR count). The highest BCUT2D eigenvalue weighted by atomic mass is 16.6. The molecule has 1 fully saturated rings. The van der Waals surface area contributed by atoms with Gasteiger partial charge in [0, 0.05) is 26.7 Å². The number of benzene rings is 1. The number of guanidine groups is 1. The molecular weight excluding hydrogens is 390 g/mol. The number of hydrogen-bond acceptors (Lipinski definition) is 4. The maximum Gasteiger partial charge on any atom is 0.410 e. The average Bonchev–Trinajstić information content (AvgIpc) is 2.71. The van der Waals surface area contributed by atoms with Gasteiger partial charge in [-0.3, -0.25) is 0 Å². The molecule has 1 amide bonds. The Kier molecular flexibility index (Phi) is 9.62. The summed E-state index contributed by atoms with van der Waals surface area (Å²) >= 11 is 0. The fourth-order valence-electron chi connectivity index (χ4n) is 3.45. The van der Waals surface area contributed by atoms with Crippen LogP contribution in [0.1, 0.15) is 51.7 Å². The molecule has 0 saturated carbocycles. The van der Waals surface area contributed by atoms with E-state index in [1.54, 1.807) is 11.9 Å². The lowest BCUT2D eigenvalue weighted by Crippen LogP contribution is -2.42. The van der Waals surface area contributed by atoms with Gasteiger partial charge in [0.15, 0.2) is 5.96 Å². The number of nitrogens with one attached hydrogen (secondary N) is 2. The largest absolute Gasteiger partial charge is 0.444 e. The van der Waals surface area contributed by atoms with Gasteiger partial charge in [-0.1, -0.05) is 24.3 Å². The number of likely N-dealkylation sites (tertiary alicyclic amines) is 1. The van der Waals surface area contributed by atoms with E-state index in [0.29, 0.717) is 19.0 Å². The predicted octanol–water partition coefficient (Wildman–Crippen LogP) is 3.45. The van der Waals surface area contributed by atoms with Crippen LogP contribution in [0.25, 0.3) is 0 Å². The topological polar surface area (TPSA) is 69.2 Å². The van der Waals surface area contributed by atoms with Crippen LogP contribution in [0.3, 0.4) is 0 Å². The van der Waals surface area contributed by atoms with Gasteiger partial charge in [0.2, 0.25) is 0 Å². The number of piperidine rings is 1. The van der Waals surface area contributed by atoms with E-state index in [2.05, 4.69) is 41.6 Å². The molecule has 1 aliphatic heterocycles. The number of rotatable bonds is 7. The molecule has 0 unspecified atom stereocenters. The van der Waals surface area contributed by atoms with Gasteiger partial charge in [0.25, 0.3) is 0 Å². The van der Waals surface area contributed by atoms with Gasteiger partial charge in [-0.25, -0.2) is 9.79 Å². The lowest BCUT2D eigenvalue weighted by Gasteiger charge is -2.29. The third-order valence-electron chi connectivity index (χ3n) is 5.31. The molecule has 1 aromatic carbocycles. The predicted molar refractivity (Wildman–Crippen MR) is 127 cm³/mol. The van der Waals surface area contributed by atoms with Crippen molar-refractivity contribution in [3.63, 3.8) is 0 Å². The van der Waals surface area contributed by atoms with E-state index in [0.717, 1.165) is 30.2 Å². The summed E-state index contributed by atoms with van der Waals surface area (Å²) in [6, 6.07) is 8.24. The first kappa shape index (κ1) is 25.0. The van der Waals surface area contributed by atoms with Crippen molar-refractivity contribution < 1.29 is 9.53 Å². The first-order chi connectivity index (χ1) is 14.7. The highest BCUT2D eigenvalue weighted by molar-refractivity contribution is 5.79. The van der Waals surface area contributed by atoms with Crippen molar-refractivity contribution in [3.8, 4) is 0 Å². The molecule has 0 atom stereocenters. The van der Waals surface area contributed by atoms with Crippen molar-refractivity contribution >= 4 is 12.1 Å². The minimum absolute atomic E-state index is 0.313. The first-order valence-electron chi connectivity index (χ1n) is 11.4. The second-order valence-electron chi connectivity index (χ2n) is 9.48. The molecule has 7 heteroatoms. The van der Waals surface area contributed by atoms with Crippen LogP contribution in [0.2, 0.25) is 0 Å². The van der Waals surface area contributed by atoms with Gasteiger partial charge >= 0.3 is 6.09 Å². The Bertz CT molecular complexity index is 704. The highest BCUT2D eigenvalue weighted by Gasteiger charge is 2.19. The summed E-state index contributed by atoms with van der Waals surface area (Å²) in [5, 5.41) is 6.85. The number of nitrogens with zero attached hydrogens (tertiary/aromatic N) is 3. The maximum absolute atomic E-state index is 12.1. The van der Waals surface area contributed by atoms with Crippen molar-refractivity contribution in [1.29, 1.82) is 0 Å². The molecule has 174 valence electrons. The van der Waals surface area contributed by atoms with Crippen molar-refractivity contribution in [2.24, 2.45) is 10.9 Å². The summed E-state index contributed by atoms with van der Waals surface area (Å²) < 4.78 is 5.41. The van der Waals surface area contributed by atoms with Crippen molar-refractivity contribution in [1.82, 2.24) is 20.4 Å². The highest BCUT2D eigenvalue weighted by Crippen LogP contribution is 2.15. The molecule has 1 aromatic rings. The Morgan fingerprint density at radius 3 is 2.35 bits per heavy atom. The first-order valence-corrected chi connectivity index (χ1v) is 11.4. The second kappa shape index (κ2) is 11.9. The number of amides is 1. The van der Waals surface area contributed by atoms with Gasteiger partial charge in [-0.05, 0) is 77.7 Å². The van der Waals surface area contributed by atoms with E-state index in [1.807, 2.05) is 32.9 Å². The lowest BCUT2D eigenvalue weighted by atomic mass is 9.97. The third kappa shape index (κ3) is 9.59. The van der Waals surface area contributed by atoms with Crippen LogP contribution >= 0.6 is 0 Å². The Hall–Kier alpha value is -2.28. The van der Waals surface area contributed by atoms with E-state index in [-0.39, 0.29) is 6.09 Å². The van der Waals surface area contributed by atoms with E-state index < -0.39 is 5.60 Å². The summed E-state index contributed by atoms with van der Waals surface area (Å²) in [5.41, 5.74) is 1.72. The maximum atomic E-state index is 12.1. The molecule has 7 nitrogen and oxygen atoms in total. The SMILES string of the molecule is CCNC(=NCc1ccc(CN(C)C(=O)OC(C)(C)C)cc1)NCC1CCN(C)CC1. The third-order valence-corrected chi connectivity index (χ3v) is 5.31. The number of hydrogen-bond donors (Lipinski definition) is 2. The molecule has 0 aromatic heterocycles. The van der Waals surface area contributed by atoms with E-state index in [1.165, 1.54) is 25.9 Å². The molecule has 0 spiro atoms. The number of carbonyl (C=O) groups excluding carboxylic acids is 1. The molecule has 2 N–H and O–H groups in total. The number of aliphatic imine (C=N–C) groups is 1. The Morgan fingerprint density at radius 1 is 1.16 bits per heavy atom. The fraction of sp³-hybridized carbons (Fsp3) is 0.667.